The summed E-state index contributed by atoms with van der Waals surface area (Å²) in [5.74, 6) is 1.31. The maximum atomic E-state index is 13.1. The number of carbonyl (C=O) groups excluding carboxylic acids is 2. The van der Waals surface area contributed by atoms with Gasteiger partial charge in [-0.3, -0.25) is 9.59 Å². The molecule has 6 heteroatoms. The second-order valence-electron chi connectivity index (χ2n) is 8.38. The molecule has 174 valence electrons. The van der Waals surface area contributed by atoms with E-state index in [1.807, 2.05) is 62.4 Å². The fraction of sp³-hybridized carbons (Fsp3) is 0.462. The van der Waals surface area contributed by atoms with Gasteiger partial charge in [-0.15, -0.1) is 0 Å². The number of methoxy groups -OCH3 is 1. The van der Waals surface area contributed by atoms with Crippen molar-refractivity contribution in [2.75, 3.05) is 13.7 Å². The number of ether oxygens (including phenoxy) is 2. The average Bonchev–Trinajstić information content (AvgIpc) is 2.80. The molecular formula is C26H36N2O4. The number of benzene rings is 2. The summed E-state index contributed by atoms with van der Waals surface area (Å²) >= 11 is 0. The van der Waals surface area contributed by atoms with Crippen LogP contribution in [-0.2, 0) is 16.1 Å². The van der Waals surface area contributed by atoms with Crippen molar-refractivity contribution in [3.05, 3.63) is 59.7 Å². The highest BCUT2D eigenvalue weighted by molar-refractivity contribution is 5.88. The molecule has 32 heavy (non-hydrogen) atoms. The van der Waals surface area contributed by atoms with Gasteiger partial charge in [-0.05, 0) is 61.6 Å². The Morgan fingerprint density at radius 1 is 1.00 bits per heavy atom. The van der Waals surface area contributed by atoms with Gasteiger partial charge in [0.1, 0.15) is 17.5 Å². The van der Waals surface area contributed by atoms with Crippen LogP contribution in [0.15, 0.2) is 48.5 Å². The van der Waals surface area contributed by atoms with Crippen LogP contribution in [0.5, 0.6) is 11.5 Å². The van der Waals surface area contributed by atoms with Crippen LogP contribution in [0.2, 0.25) is 0 Å². The monoisotopic (exact) mass is 440 g/mol. The van der Waals surface area contributed by atoms with Gasteiger partial charge in [-0.1, -0.05) is 45.0 Å². The Morgan fingerprint density at radius 3 is 2.28 bits per heavy atom. The van der Waals surface area contributed by atoms with Crippen molar-refractivity contribution in [1.82, 2.24) is 10.2 Å². The highest BCUT2D eigenvalue weighted by Gasteiger charge is 2.27. The summed E-state index contributed by atoms with van der Waals surface area (Å²) in [5, 5.41) is 2.97. The third kappa shape index (κ3) is 7.29. The maximum absolute atomic E-state index is 13.1. The number of carbonyl (C=O) groups is 2. The summed E-state index contributed by atoms with van der Waals surface area (Å²) in [6.07, 6.45) is 0.817. The number of amides is 2. The minimum absolute atomic E-state index is 0.0365. The van der Waals surface area contributed by atoms with Crippen LogP contribution in [0.1, 0.15) is 58.1 Å². The van der Waals surface area contributed by atoms with E-state index in [0.717, 1.165) is 12.0 Å². The largest absolute Gasteiger partial charge is 0.497 e. The number of hydrogen-bond acceptors (Lipinski definition) is 4. The second-order valence-corrected chi connectivity index (χ2v) is 8.38. The maximum Gasteiger partial charge on any atom is 0.261 e. The predicted octanol–water partition coefficient (Wildman–Crippen LogP) is 4.53. The first-order valence-corrected chi connectivity index (χ1v) is 11.2. The molecule has 0 unspecified atom stereocenters. The molecule has 0 saturated heterocycles. The van der Waals surface area contributed by atoms with Gasteiger partial charge < -0.3 is 19.7 Å². The van der Waals surface area contributed by atoms with Gasteiger partial charge in [-0.2, -0.15) is 0 Å². The number of rotatable bonds is 11. The fourth-order valence-corrected chi connectivity index (χ4v) is 3.19. The molecule has 2 amide bonds. The Bertz CT molecular complexity index is 880. The van der Waals surface area contributed by atoms with E-state index in [9.17, 15) is 9.59 Å². The number of hydrogen-bond donors (Lipinski definition) is 1. The van der Waals surface area contributed by atoms with Crippen molar-refractivity contribution >= 4 is 11.8 Å². The normalized spacial score (nSPS) is 12.7. The smallest absolute Gasteiger partial charge is 0.261 e. The Hall–Kier alpha value is -3.02. The van der Waals surface area contributed by atoms with E-state index in [0.29, 0.717) is 17.4 Å². The van der Waals surface area contributed by atoms with Crippen LogP contribution >= 0.6 is 0 Å². The molecule has 2 atom stereocenters. The van der Waals surface area contributed by atoms with Crippen LogP contribution in [-0.4, -0.2) is 42.5 Å². The summed E-state index contributed by atoms with van der Waals surface area (Å²) < 4.78 is 11.0. The lowest BCUT2D eigenvalue weighted by molar-refractivity contribution is -0.142. The first kappa shape index (κ1) is 25.2. The summed E-state index contributed by atoms with van der Waals surface area (Å²) in [4.78, 5) is 27.5. The third-order valence-electron chi connectivity index (χ3n) is 5.56. The Balaban J connectivity index is 2.15. The Morgan fingerprint density at radius 2 is 1.69 bits per heavy atom. The van der Waals surface area contributed by atoms with Crippen LogP contribution in [0.4, 0.5) is 0 Å². The van der Waals surface area contributed by atoms with Gasteiger partial charge >= 0.3 is 0 Å². The molecule has 0 heterocycles. The first-order chi connectivity index (χ1) is 15.2. The van der Waals surface area contributed by atoms with E-state index in [1.165, 1.54) is 5.56 Å². The molecule has 2 aromatic carbocycles. The fourth-order valence-electron chi connectivity index (χ4n) is 3.19. The van der Waals surface area contributed by atoms with Crippen molar-refractivity contribution < 1.29 is 19.1 Å². The zero-order chi connectivity index (χ0) is 23.7. The minimum Gasteiger partial charge on any atom is -0.497 e. The van der Waals surface area contributed by atoms with E-state index in [1.54, 1.807) is 18.9 Å². The molecule has 0 radical (unpaired) electrons. The number of nitrogens with one attached hydrogen (secondary N) is 1. The zero-order valence-electron chi connectivity index (χ0n) is 20.1. The molecule has 1 N–H and O–H groups in total. The lowest BCUT2D eigenvalue weighted by Crippen LogP contribution is -2.50. The summed E-state index contributed by atoms with van der Waals surface area (Å²) in [6, 6.07) is 14.6. The summed E-state index contributed by atoms with van der Waals surface area (Å²) in [6.45, 7) is 10.1. The molecule has 0 aliphatic rings. The summed E-state index contributed by atoms with van der Waals surface area (Å²) in [5.41, 5.74) is 2.08. The highest BCUT2D eigenvalue weighted by atomic mass is 16.5. The average molecular weight is 441 g/mol. The lowest BCUT2D eigenvalue weighted by atomic mass is 10.0. The van der Waals surface area contributed by atoms with Crippen molar-refractivity contribution in [2.45, 2.75) is 65.6 Å². The molecule has 2 rings (SSSR count). The number of nitrogens with zero attached hydrogens (tertiary/aromatic N) is 1. The van der Waals surface area contributed by atoms with Crippen molar-refractivity contribution in [3.63, 3.8) is 0 Å². The van der Waals surface area contributed by atoms with Crippen molar-refractivity contribution in [2.24, 2.45) is 0 Å². The Kier molecular flexibility index (Phi) is 9.57. The molecule has 0 bridgehead atoms. The first-order valence-electron chi connectivity index (χ1n) is 11.2. The van der Waals surface area contributed by atoms with E-state index < -0.39 is 6.04 Å². The van der Waals surface area contributed by atoms with E-state index in [-0.39, 0.29) is 31.0 Å². The van der Waals surface area contributed by atoms with Crippen LogP contribution in [0.3, 0.4) is 0 Å². The van der Waals surface area contributed by atoms with Gasteiger partial charge in [-0.25, -0.2) is 0 Å². The molecular weight excluding hydrogens is 404 g/mol. The molecule has 0 spiro atoms. The van der Waals surface area contributed by atoms with Gasteiger partial charge in [0.25, 0.3) is 5.91 Å². The van der Waals surface area contributed by atoms with Crippen molar-refractivity contribution in [3.8, 4) is 11.5 Å². The topological polar surface area (TPSA) is 67.9 Å². The van der Waals surface area contributed by atoms with Crippen LogP contribution in [0, 0.1) is 0 Å². The zero-order valence-corrected chi connectivity index (χ0v) is 20.1. The minimum atomic E-state index is -0.644. The van der Waals surface area contributed by atoms with Gasteiger partial charge in [0.2, 0.25) is 5.91 Å². The summed E-state index contributed by atoms with van der Waals surface area (Å²) in [7, 11) is 1.60. The molecule has 0 saturated carbocycles. The van der Waals surface area contributed by atoms with Crippen LogP contribution < -0.4 is 14.8 Å². The van der Waals surface area contributed by atoms with Gasteiger partial charge in [0.15, 0.2) is 6.61 Å². The third-order valence-corrected chi connectivity index (χ3v) is 5.56. The highest BCUT2D eigenvalue weighted by Crippen LogP contribution is 2.20. The van der Waals surface area contributed by atoms with E-state index in [2.05, 4.69) is 19.2 Å². The van der Waals surface area contributed by atoms with Gasteiger partial charge in [0.05, 0.1) is 7.11 Å². The van der Waals surface area contributed by atoms with Crippen LogP contribution in [0.25, 0.3) is 0 Å². The quantitative estimate of drug-likeness (QED) is 0.557. The molecule has 0 aromatic heterocycles. The molecule has 6 nitrogen and oxygen atoms in total. The molecule has 0 fully saturated rings. The SMILES string of the molecule is CC[C@H](C)NC(=O)[C@H](C)N(Cc1cccc(OC)c1)C(=O)COc1ccc(C(C)C)cc1. The second kappa shape index (κ2) is 12.1. The standard InChI is InChI=1S/C26H36N2O4/c1-7-19(4)27-26(30)20(5)28(16-21-9-8-10-24(15-21)31-6)25(29)17-32-23-13-11-22(12-14-23)18(2)3/h8-15,18-20H,7,16-17H2,1-6H3,(H,27,30)/t19-,20-/m0/s1. The van der Waals surface area contributed by atoms with Crippen molar-refractivity contribution in [1.29, 1.82) is 0 Å². The Labute approximate surface area is 191 Å². The predicted molar refractivity (Wildman–Crippen MR) is 127 cm³/mol. The molecule has 0 aliphatic heterocycles. The molecule has 0 aliphatic carbocycles. The van der Waals surface area contributed by atoms with Gasteiger partial charge in [0, 0.05) is 12.6 Å². The lowest BCUT2D eigenvalue weighted by Gasteiger charge is -2.29. The van der Waals surface area contributed by atoms with E-state index >= 15 is 0 Å². The molecule has 2 aromatic rings. The van der Waals surface area contributed by atoms with E-state index in [4.69, 9.17) is 9.47 Å².